The molecular formula is C24H30N10O10P2S2+2. The molecule has 0 bridgehead atoms. The van der Waals surface area contributed by atoms with Gasteiger partial charge in [-0.2, -0.15) is 0 Å². The van der Waals surface area contributed by atoms with Gasteiger partial charge in [-0.25, -0.2) is 29.9 Å². The molecule has 2 saturated heterocycles. The van der Waals surface area contributed by atoms with Crippen LogP contribution in [0.2, 0.25) is 0 Å². The first-order valence-corrected chi connectivity index (χ1v) is 18.9. The number of hydrogen-bond donors (Lipinski definition) is 8. The van der Waals surface area contributed by atoms with Crippen LogP contribution in [0.5, 0.6) is 0 Å². The normalized spacial score (nSPS) is 28.1. The Hall–Kier alpha value is -2.98. The number of anilines is 2. The van der Waals surface area contributed by atoms with E-state index >= 15 is 0 Å². The number of aliphatic hydroxyl groups excluding tert-OH is 4. The number of nitrogens with zero attached hydrogens (tertiary/aromatic N) is 8. The molecule has 0 amide bonds. The minimum Gasteiger partial charge on any atom is -0.394 e. The molecule has 0 aromatic carbocycles. The minimum atomic E-state index is -2.38. The molecule has 10 atom stereocenters. The molecule has 0 aliphatic carbocycles. The lowest BCUT2D eigenvalue weighted by Gasteiger charge is -2.16. The molecule has 2 fully saturated rings. The fourth-order valence-electron chi connectivity index (χ4n) is 5.43. The number of hydrogen-bond acceptors (Lipinski definition) is 18. The van der Waals surface area contributed by atoms with E-state index in [1.807, 2.05) is 12.2 Å². The van der Waals surface area contributed by atoms with Gasteiger partial charge in [0, 0.05) is 13.1 Å². The molecule has 24 heteroatoms. The maximum atomic E-state index is 11.7. The summed E-state index contributed by atoms with van der Waals surface area (Å²) in [6.45, 7) is -0.252. The number of imidazole rings is 2. The molecule has 6 rings (SSSR count). The van der Waals surface area contributed by atoms with Crippen LogP contribution in [0.3, 0.4) is 0 Å². The van der Waals surface area contributed by atoms with E-state index in [-0.39, 0.29) is 0 Å². The Bertz CT molecular complexity index is 1690. The fourth-order valence-corrected chi connectivity index (χ4v) is 6.96. The summed E-state index contributed by atoms with van der Waals surface area (Å²) in [6, 6.07) is 0. The first-order chi connectivity index (χ1) is 23.2. The maximum absolute atomic E-state index is 11.7. The third-order valence-corrected chi connectivity index (χ3v) is 9.03. The van der Waals surface area contributed by atoms with Gasteiger partial charge in [0.25, 0.3) is 0 Å². The van der Waals surface area contributed by atoms with E-state index < -0.39 is 76.8 Å². The molecule has 0 spiro atoms. The Balaban J connectivity index is 1.09. The van der Waals surface area contributed by atoms with Crippen molar-refractivity contribution in [2.75, 3.05) is 36.9 Å². The molecule has 5 unspecified atom stereocenters. The molecule has 2 aliphatic rings. The quantitative estimate of drug-likeness (QED) is 0.0496. The summed E-state index contributed by atoms with van der Waals surface area (Å²) < 4.78 is 48.4. The van der Waals surface area contributed by atoms with Crippen LogP contribution in [0.4, 0.5) is 11.6 Å². The van der Waals surface area contributed by atoms with Crippen molar-refractivity contribution in [3.8, 4) is 0 Å². The predicted octanol–water partition coefficient (Wildman–Crippen LogP) is 0.492. The minimum absolute atomic E-state index is 0.353. The van der Waals surface area contributed by atoms with Crippen molar-refractivity contribution >= 4 is 72.9 Å². The van der Waals surface area contributed by atoms with Gasteiger partial charge in [0.15, 0.2) is 58.6 Å². The lowest BCUT2D eigenvalue weighted by Crippen LogP contribution is -2.34. The summed E-state index contributed by atoms with van der Waals surface area (Å²) >= 11 is 7.56. The number of rotatable bonds is 14. The fraction of sp³-hybridized carbons (Fsp3) is 0.500. The highest BCUT2D eigenvalue weighted by Gasteiger charge is 2.51. The number of aliphatic hydroxyl groups is 4. The number of nitrogens with one attached hydrogen (secondary N) is 2. The first kappa shape index (κ1) is 34.9. The first-order valence-electron chi connectivity index (χ1n) is 14.2. The highest BCUT2D eigenvalue weighted by Crippen LogP contribution is 2.42. The van der Waals surface area contributed by atoms with Crippen LogP contribution in [0.15, 0.2) is 37.5 Å². The van der Waals surface area contributed by atoms with Gasteiger partial charge in [0.1, 0.15) is 61.6 Å². The van der Waals surface area contributed by atoms with Crippen LogP contribution in [-0.4, -0.2) is 122 Å². The zero-order chi connectivity index (χ0) is 33.9. The summed E-state index contributed by atoms with van der Waals surface area (Å²) in [5.41, 5.74) is 1.51. The van der Waals surface area contributed by atoms with Gasteiger partial charge in [-0.3, -0.25) is 9.13 Å². The monoisotopic (exact) mass is 744 g/mol. The third kappa shape index (κ3) is 7.02. The Labute approximate surface area is 283 Å². The SMILES string of the molecule is O=[P+](S)O[C@H]1C(n2cnc3c(NC/C=C/CNc4ncnc5c4ncn5C4OC(CO)[C@@H](O)[C@H]4O[P+](=O)S)ncnc32)O[C@H](CO)[C@H]1O. The van der Waals surface area contributed by atoms with Gasteiger partial charge in [0.2, 0.25) is 0 Å². The standard InChI is InChI=1S/C24H28N10O10P2S2/c35-5-11-15(37)17(43-45(39)47)23(41-11)33-9-31-13-19(27-7-29-21(13)33)25-3-1-2-4-26-20-14-22(30-8-28-20)34(10-32-14)24-18(44-46(40)48)16(38)12(6-36)42-24/h1-2,7-12,15-18,23-24,35-38H,3-6H2,(H2-2,25,26,27,28,29,30,39,40,47,48)/p+2/b2-1+/t11-,12?,15-,16-,17-,18-,23?,24?/m1/s1. The zero-order valence-corrected chi connectivity index (χ0v) is 28.1. The van der Waals surface area contributed by atoms with E-state index in [0.717, 1.165) is 0 Å². The molecule has 6 N–H and O–H groups in total. The second kappa shape index (κ2) is 15.3. The van der Waals surface area contributed by atoms with Crippen molar-refractivity contribution in [3.05, 3.63) is 37.5 Å². The second-order valence-corrected chi connectivity index (χ2v) is 13.8. The maximum Gasteiger partial charge on any atom is 0.582 e. The van der Waals surface area contributed by atoms with Crippen LogP contribution < -0.4 is 10.6 Å². The molecule has 0 radical (unpaired) electrons. The Kier molecular flexibility index (Phi) is 11.1. The van der Waals surface area contributed by atoms with Crippen LogP contribution in [0.1, 0.15) is 12.5 Å². The molecule has 256 valence electrons. The van der Waals surface area contributed by atoms with Crippen molar-refractivity contribution < 1.29 is 48.1 Å². The molecule has 4 aromatic heterocycles. The summed E-state index contributed by atoms with van der Waals surface area (Å²) in [6.07, 6.45) is 0.573. The van der Waals surface area contributed by atoms with Gasteiger partial charge in [0.05, 0.1) is 25.9 Å². The molecule has 20 nitrogen and oxygen atoms in total. The number of aromatic nitrogens is 8. The molecule has 4 aromatic rings. The van der Waals surface area contributed by atoms with Gasteiger partial charge in [-0.1, -0.05) is 12.2 Å². The number of thiol groups is 2. The van der Waals surface area contributed by atoms with Crippen LogP contribution in [-0.2, 0) is 27.7 Å². The van der Waals surface area contributed by atoms with Crippen molar-refractivity contribution in [3.63, 3.8) is 0 Å². The highest BCUT2D eigenvalue weighted by atomic mass is 32.7. The van der Waals surface area contributed by atoms with Crippen LogP contribution in [0.25, 0.3) is 22.3 Å². The predicted molar refractivity (Wildman–Crippen MR) is 174 cm³/mol. The summed E-state index contributed by atoms with van der Waals surface area (Å²) in [4.78, 5) is 25.9. The van der Waals surface area contributed by atoms with Crippen molar-refractivity contribution in [2.24, 2.45) is 0 Å². The number of ether oxygens (including phenoxy) is 2. The van der Waals surface area contributed by atoms with Gasteiger partial charge in [-0.15, -0.1) is 9.05 Å². The lowest BCUT2D eigenvalue weighted by molar-refractivity contribution is -0.0481. The van der Waals surface area contributed by atoms with E-state index in [2.05, 4.69) is 65.0 Å². The summed E-state index contributed by atoms with van der Waals surface area (Å²) in [7, 11) is -4.76. The van der Waals surface area contributed by atoms with Crippen LogP contribution >= 0.6 is 39.0 Å². The second-order valence-electron chi connectivity index (χ2n) is 10.4. The highest BCUT2D eigenvalue weighted by molar-refractivity contribution is 8.39. The van der Waals surface area contributed by atoms with Crippen molar-refractivity contribution in [1.82, 2.24) is 39.0 Å². The summed E-state index contributed by atoms with van der Waals surface area (Å²) in [5, 5.41) is 46.5. The Morgan fingerprint density at radius 3 is 1.54 bits per heavy atom. The third-order valence-electron chi connectivity index (χ3n) is 7.62. The van der Waals surface area contributed by atoms with Gasteiger partial charge >= 0.3 is 14.5 Å². The van der Waals surface area contributed by atoms with Gasteiger partial charge in [-0.05, 0) is 9.13 Å². The van der Waals surface area contributed by atoms with E-state index in [9.17, 15) is 29.6 Å². The Morgan fingerprint density at radius 1 is 0.750 bits per heavy atom. The van der Waals surface area contributed by atoms with Crippen molar-refractivity contribution in [2.45, 2.75) is 49.1 Å². The molecule has 2 aliphatic heterocycles. The van der Waals surface area contributed by atoms with Crippen LogP contribution in [0, 0.1) is 0 Å². The summed E-state index contributed by atoms with van der Waals surface area (Å²) in [5.74, 6) is 0.837. The van der Waals surface area contributed by atoms with Gasteiger partial charge < -0.3 is 40.5 Å². The lowest BCUT2D eigenvalue weighted by atomic mass is 10.1. The number of fused-ring (bicyclic) bond motifs is 2. The van der Waals surface area contributed by atoms with E-state index in [0.29, 0.717) is 47.1 Å². The van der Waals surface area contributed by atoms with Crippen molar-refractivity contribution in [1.29, 1.82) is 0 Å². The molecule has 6 heterocycles. The average Bonchev–Trinajstić information content (AvgIpc) is 3.83. The molecule has 48 heavy (non-hydrogen) atoms. The topological polar surface area (TPSA) is 263 Å². The largest absolute Gasteiger partial charge is 0.582 e. The Morgan fingerprint density at radius 2 is 1.17 bits per heavy atom. The molecule has 0 saturated carbocycles. The smallest absolute Gasteiger partial charge is 0.394 e. The average molecular weight is 745 g/mol. The zero-order valence-electron chi connectivity index (χ0n) is 24.5. The van der Waals surface area contributed by atoms with E-state index in [4.69, 9.17) is 18.5 Å². The van der Waals surface area contributed by atoms with E-state index in [1.165, 1.54) is 34.4 Å². The molecular weight excluding hydrogens is 714 g/mol. The van der Waals surface area contributed by atoms with E-state index in [1.54, 1.807) is 0 Å².